The van der Waals surface area contributed by atoms with Gasteiger partial charge in [0, 0.05) is 0 Å². The highest BCUT2D eigenvalue weighted by Crippen LogP contribution is 1.82. The molecule has 0 unspecified atom stereocenters. The van der Waals surface area contributed by atoms with Gasteiger partial charge in [-0.25, -0.2) is 4.99 Å². The molecule has 1 aliphatic heterocycles. The van der Waals surface area contributed by atoms with E-state index < -0.39 is 0 Å². The predicted octanol–water partition coefficient (Wildman–Crippen LogP) is -0.0436. The first kappa shape index (κ1) is 3.87. The highest BCUT2D eigenvalue weighted by Gasteiger charge is 1.95. The van der Waals surface area contributed by atoms with E-state index in [0.717, 1.165) is 0 Å². The Morgan fingerprint density at radius 1 is 1.83 bits per heavy atom. The minimum atomic E-state index is 0.698. The zero-order chi connectivity index (χ0) is 4.41. The monoisotopic (exact) mass is 101 g/mol. The third kappa shape index (κ3) is 0.597. The van der Waals surface area contributed by atoms with Gasteiger partial charge in [-0.05, 0) is 0 Å². The Hall–Kier alpha value is -0.310. The molecule has 0 saturated heterocycles. The molecular formula is C3H5N2S+. The van der Waals surface area contributed by atoms with E-state index in [1.54, 1.807) is 10.2 Å². The molecule has 0 saturated carbocycles. The van der Waals surface area contributed by atoms with Crippen LogP contribution in [-0.2, 0) is 0 Å². The maximum absolute atomic E-state index is 3.95. The Kier molecular flexibility index (Phi) is 0.919. The summed E-state index contributed by atoms with van der Waals surface area (Å²) < 4.78 is 1.71. The average Bonchev–Trinajstić information content (AvgIpc) is 1.86. The van der Waals surface area contributed by atoms with E-state index in [1.165, 1.54) is 0 Å². The predicted molar refractivity (Wildman–Crippen MR) is 28.7 cm³/mol. The van der Waals surface area contributed by atoms with Crippen LogP contribution in [0, 0.1) is 0 Å². The van der Waals surface area contributed by atoms with Crippen molar-refractivity contribution in [1.29, 1.82) is 0 Å². The zero-order valence-corrected chi connectivity index (χ0v) is 4.10. The normalized spacial score (nSPS) is 18.5. The van der Waals surface area contributed by atoms with Gasteiger partial charge in [-0.15, -0.1) is 3.98 Å². The molecule has 0 atom stereocenters. The average molecular weight is 101 g/mol. The largest absolute Gasteiger partial charge is 0.248 e. The van der Waals surface area contributed by atoms with Gasteiger partial charge in [0.15, 0.2) is 6.21 Å². The van der Waals surface area contributed by atoms with Gasteiger partial charge >= 0.3 is 0 Å². The summed E-state index contributed by atoms with van der Waals surface area (Å²) in [5.41, 5.74) is 0. The number of aliphatic imine (C=N–C) groups is 1. The molecule has 1 aliphatic rings. The van der Waals surface area contributed by atoms with Crippen LogP contribution in [0.3, 0.4) is 0 Å². The van der Waals surface area contributed by atoms with Crippen molar-refractivity contribution in [2.45, 2.75) is 0 Å². The summed E-state index contributed by atoms with van der Waals surface area (Å²) in [4.78, 5) is 3.83. The van der Waals surface area contributed by atoms with E-state index >= 15 is 0 Å². The molecule has 0 aliphatic carbocycles. The van der Waals surface area contributed by atoms with Crippen LogP contribution < -0.4 is 0 Å². The van der Waals surface area contributed by atoms with Crippen LogP contribution in [-0.4, -0.2) is 23.1 Å². The van der Waals surface area contributed by atoms with Gasteiger partial charge in [0.1, 0.15) is 12.8 Å². The van der Waals surface area contributed by atoms with Crippen LogP contribution in [0.2, 0.25) is 0 Å². The highest BCUT2D eigenvalue weighted by atomic mass is 32.1. The zero-order valence-electron chi connectivity index (χ0n) is 3.20. The van der Waals surface area contributed by atoms with Crippen molar-refractivity contribution >= 4 is 25.2 Å². The molecule has 1 heterocycles. The lowest BCUT2D eigenvalue weighted by Crippen LogP contribution is -1.90. The van der Waals surface area contributed by atoms with Gasteiger partial charge in [0.25, 0.3) is 0 Å². The Balaban J connectivity index is 2.61. The standard InChI is InChI=1S/C3H5N2S/c6-5-2-1-4-3-5/h1-2,6H,3H2/q+1. The lowest BCUT2D eigenvalue weighted by Gasteiger charge is -1.72. The van der Waals surface area contributed by atoms with Crippen molar-refractivity contribution in [2.75, 3.05) is 6.67 Å². The Morgan fingerprint density at radius 2 is 2.67 bits per heavy atom. The fourth-order valence-electron chi connectivity index (χ4n) is 0.302. The fraction of sp³-hybridized carbons (Fsp3) is 0.333. The minimum absolute atomic E-state index is 0.698. The number of thiol groups is 1. The van der Waals surface area contributed by atoms with Crippen molar-refractivity contribution in [3.05, 3.63) is 0 Å². The maximum atomic E-state index is 3.95. The lowest BCUT2D eigenvalue weighted by atomic mass is 10.9. The summed E-state index contributed by atoms with van der Waals surface area (Å²) in [6, 6.07) is 0. The molecule has 6 heavy (non-hydrogen) atoms. The molecule has 0 aromatic carbocycles. The first-order chi connectivity index (χ1) is 2.89. The molecule has 32 valence electrons. The second kappa shape index (κ2) is 1.43. The van der Waals surface area contributed by atoms with Gasteiger partial charge in [0.2, 0.25) is 6.67 Å². The Labute approximate surface area is 41.8 Å². The van der Waals surface area contributed by atoms with Crippen LogP contribution in [0.15, 0.2) is 4.99 Å². The number of rotatable bonds is 0. The topological polar surface area (TPSA) is 15.4 Å². The molecule has 1 rings (SSSR count). The van der Waals surface area contributed by atoms with Crippen LogP contribution >= 0.6 is 12.8 Å². The van der Waals surface area contributed by atoms with Gasteiger partial charge in [0.05, 0.1) is 6.21 Å². The molecule has 0 amide bonds. The molecule has 2 nitrogen and oxygen atoms in total. The lowest BCUT2D eigenvalue weighted by molar-refractivity contribution is -0.327. The molecule has 3 heteroatoms. The van der Waals surface area contributed by atoms with E-state index in [1.807, 2.05) is 6.21 Å². The van der Waals surface area contributed by atoms with Crippen LogP contribution in [0.25, 0.3) is 0 Å². The SMILES string of the molecule is S[N+]1=CC=NC1. The van der Waals surface area contributed by atoms with Gasteiger partial charge in [-0.2, -0.15) is 0 Å². The molecule has 0 N–H and O–H groups in total. The van der Waals surface area contributed by atoms with E-state index in [2.05, 4.69) is 17.8 Å². The summed E-state index contributed by atoms with van der Waals surface area (Å²) in [5, 5.41) is 0. The van der Waals surface area contributed by atoms with Crippen molar-refractivity contribution in [3.63, 3.8) is 0 Å². The Bertz CT molecular complexity index is 105. The fourth-order valence-corrected chi connectivity index (χ4v) is 0.435. The van der Waals surface area contributed by atoms with Crippen LogP contribution in [0.1, 0.15) is 0 Å². The van der Waals surface area contributed by atoms with E-state index in [-0.39, 0.29) is 0 Å². The van der Waals surface area contributed by atoms with Crippen molar-refractivity contribution in [2.24, 2.45) is 4.99 Å². The Morgan fingerprint density at radius 3 is 2.83 bits per heavy atom. The van der Waals surface area contributed by atoms with Crippen molar-refractivity contribution in [1.82, 2.24) is 0 Å². The van der Waals surface area contributed by atoms with E-state index in [9.17, 15) is 0 Å². The molecule has 0 fully saturated rings. The van der Waals surface area contributed by atoms with Crippen molar-refractivity contribution < 1.29 is 3.98 Å². The maximum Gasteiger partial charge on any atom is 0.248 e. The van der Waals surface area contributed by atoms with Gasteiger partial charge < -0.3 is 0 Å². The van der Waals surface area contributed by atoms with E-state index in [4.69, 9.17) is 0 Å². The summed E-state index contributed by atoms with van der Waals surface area (Å²) in [6.45, 7) is 0.698. The smallest absolute Gasteiger partial charge is 0.221 e. The quantitative estimate of drug-likeness (QED) is 0.325. The first-order valence-corrected chi connectivity index (χ1v) is 2.08. The van der Waals surface area contributed by atoms with E-state index in [0.29, 0.717) is 6.67 Å². The summed E-state index contributed by atoms with van der Waals surface area (Å²) in [6.07, 6.45) is 3.54. The van der Waals surface area contributed by atoms with Crippen LogP contribution in [0.5, 0.6) is 0 Å². The molecule has 0 bridgehead atoms. The minimum Gasteiger partial charge on any atom is -0.221 e. The van der Waals surface area contributed by atoms with Gasteiger partial charge in [-0.1, -0.05) is 0 Å². The molecular weight excluding hydrogens is 96.1 g/mol. The first-order valence-electron chi connectivity index (χ1n) is 1.68. The number of hydrogen-bond acceptors (Lipinski definition) is 2. The third-order valence-electron chi connectivity index (χ3n) is 0.571. The second-order valence-electron chi connectivity index (χ2n) is 1.06. The highest BCUT2D eigenvalue weighted by molar-refractivity contribution is 7.73. The molecule has 0 radical (unpaired) electrons. The number of nitrogens with zero attached hydrogens (tertiary/aromatic N) is 2. The van der Waals surface area contributed by atoms with Crippen LogP contribution in [0.4, 0.5) is 0 Å². The molecule has 0 aromatic rings. The second-order valence-corrected chi connectivity index (χ2v) is 1.58. The third-order valence-corrected chi connectivity index (χ3v) is 0.831. The summed E-state index contributed by atoms with van der Waals surface area (Å²) in [7, 11) is 0. The van der Waals surface area contributed by atoms with Crippen molar-refractivity contribution in [3.8, 4) is 0 Å². The number of hydrogen-bond donors (Lipinski definition) is 1. The molecule has 0 spiro atoms. The molecule has 0 aromatic heterocycles. The summed E-state index contributed by atoms with van der Waals surface area (Å²) in [5.74, 6) is 0. The summed E-state index contributed by atoms with van der Waals surface area (Å²) >= 11 is 3.95. The van der Waals surface area contributed by atoms with Gasteiger partial charge in [-0.3, -0.25) is 0 Å².